The number of nitrogens with zero attached hydrogens (tertiary/aromatic N) is 2. The largest absolute Gasteiger partial charge is 0.497 e. The van der Waals surface area contributed by atoms with Gasteiger partial charge in [0.05, 0.1) is 19.3 Å². The third-order valence-electron chi connectivity index (χ3n) is 8.15. The van der Waals surface area contributed by atoms with Gasteiger partial charge in [-0.2, -0.15) is 0 Å². The smallest absolute Gasteiger partial charge is 0.358 e. The highest BCUT2D eigenvalue weighted by Gasteiger charge is 2.31. The summed E-state index contributed by atoms with van der Waals surface area (Å²) in [7, 11) is 1.64. The number of Topliss-reactive ketones (excluding diaryl/α,β-unsaturated/α-hetero) is 1. The minimum absolute atomic E-state index is 0.114. The number of aromatic carboxylic acids is 1. The SMILES string of the molecule is CCCC(=O)c1ccc2c(C3CCCCC3)c3n(c2c1)CC(c1ocnc1C(=O)O)=Cc1cc(OC)ccc1-3. The number of allylic oxidation sites excluding steroid dienone is 1. The van der Waals surface area contributed by atoms with Gasteiger partial charge >= 0.3 is 5.97 Å². The van der Waals surface area contributed by atoms with Gasteiger partial charge in [-0.05, 0) is 66.6 Å². The fraction of sp³-hybridized carbons (Fsp3) is 0.344. The Morgan fingerprint density at radius 1 is 1.13 bits per heavy atom. The van der Waals surface area contributed by atoms with E-state index in [4.69, 9.17) is 9.15 Å². The highest BCUT2D eigenvalue weighted by molar-refractivity contribution is 6.04. The Bertz CT molecular complexity index is 1620. The average molecular weight is 525 g/mol. The maximum Gasteiger partial charge on any atom is 0.358 e. The molecule has 7 heteroatoms. The number of hydrogen-bond donors (Lipinski definition) is 1. The van der Waals surface area contributed by atoms with E-state index in [2.05, 4.69) is 21.7 Å². The van der Waals surface area contributed by atoms with Crippen LogP contribution in [0.5, 0.6) is 5.75 Å². The first-order chi connectivity index (χ1) is 19.0. The molecule has 0 saturated heterocycles. The van der Waals surface area contributed by atoms with Crippen LogP contribution in [0.3, 0.4) is 0 Å². The van der Waals surface area contributed by atoms with Gasteiger partial charge in [-0.15, -0.1) is 0 Å². The fourth-order valence-corrected chi connectivity index (χ4v) is 6.35. The van der Waals surface area contributed by atoms with Crippen LogP contribution in [0, 0.1) is 0 Å². The number of benzene rings is 2. The first-order valence-electron chi connectivity index (χ1n) is 13.8. The van der Waals surface area contributed by atoms with Gasteiger partial charge in [0.2, 0.25) is 0 Å². The number of aromatic nitrogens is 2. The monoisotopic (exact) mass is 524 g/mol. The molecule has 39 heavy (non-hydrogen) atoms. The third-order valence-corrected chi connectivity index (χ3v) is 8.15. The molecule has 1 saturated carbocycles. The number of carboxylic acid groups (broad SMARTS) is 1. The summed E-state index contributed by atoms with van der Waals surface area (Å²) >= 11 is 0. The Hall–Kier alpha value is -4.13. The van der Waals surface area contributed by atoms with E-state index < -0.39 is 5.97 Å². The van der Waals surface area contributed by atoms with Crippen molar-refractivity contribution < 1.29 is 23.8 Å². The molecule has 2 aliphatic rings. The molecule has 4 aromatic rings. The highest BCUT2D eigenvalue weighted by atomic mass is 16.5. The van der Waals surface area contributed by atoms with E-state index in [1.165, 1.54) is 31.2 Å². The lowest BCUT2D eigenvalue weighted by Gasteiger charge is -2.24. The molecule has 0 spiro atoms. The van der Waals surface area contributed by atoms with E-state index in [-0.39, 0.29) is 17.2 Å². The maximum absolute atomic E-state index is 12.9. The Balaban J connectivity index is 1.66. The summed E-state index contributed by atoms with van der Waals surface area (Å²) in [6, 6.07) is 12.2. The lowest BCUT2D eigenvalue weighted by Crippen LogP contribution is -2.08. The van der Waals surface area contributed by atoms with Crippen molar-refractivity contribution in [3.05, 3.63) is 70.9 Å². The zero-order valence-corrected chi connectivity index (χ0v) is 22.3. The van der Waals surface area contributed by atoms with Crippen molar-refractivity contribution in [3.8, 4) is 17.0 Å². The number of carbonyl (C=O) groups excluding carboxylic acids is 1. The molecule has 2 aromatic heterocycles. The minimum atomic E-state index is -1.14. The topological polar surface area (TPSA) is 94.6 Å². The lowest BCUT2D eigenvalue weighted by molar-refractivity contribution is 0.0689. The van der Waals surface area contributed by atoms with E-state index in [9.17, 15) is 14.7 Å². The molecule has 6 rings (SSSR count). The number of oxazole rings is 1. The van der Waals surface area contributed by atoms with E-state index in [1.54, 1.807) is 7.11 Å². The summed E-state index contributed by atoms with van der Waals surface area (Å²) in [5, 5.41) is 11.0. The van der Waals surface area contributed by atoms with Gasteiger partial charge in [0.25, 0.3) is 0 Å². The second kappa shape index (κ2) is 10.2. The number of ether oxygens (including phenoxy) is 1. The van der Waals surface area contributed by atoms with Crippen LogP contribution in [-0.2, 0) is 6.54 Å². The van der Waals surface area contributed by atoms with Crippen LogP contribution in [0.25, 0.3) is 33.8 Å². The molecule has 1 N–H and O–H groups in total. The molecule has 1 aliphatic heterocycles. The summed E-state index contributed by atoms with van der Waals surface area (Å²) in [6.45, 7) is 2.40. The molecule has 0 bridgehead atoms. The second-order valence-electron chi connectivity index (χ2n) is 10.5. The standard InChI is InChI=1S/C32H32N2O5/c1-3-7-27(35)20-10-12-25-26(16-20)34-17-22(31-29(32(36)37)33-18-39-31)14-21-15-23(38-2)11-13-24(21)30(34)28(25)19-8-5-4-6-9-19/h10-16,18-19H,3-9,17H2,1-2H3,(H,36,37). The van der Waals surface area contributed by atoms with Gasteiger partial charge in [-0.1, -0.05) is 38.3 Å². The van der Waals surface area contributed by atoms with Gasteiger partial charge in [-0.3, -0.25) is 4.79 Å². The zero-order chi connectivity index (χ0) is 27.1. The maximum atomic E-state index is 12.9. The Morgan fingerprint density at radius 3 is 2.69 bits per heavy atom. The van der Waals surface area contributed by atoms with Crippen molar-refractivity contribution in [2.75, 3.05) is 7.11 Å². The molecule has 1 aliphatic carbocycles. The van der Waals surface area contributed by atoms with Crippen molar-refractivity contribution in [2.45, 2.75) is 64.3 Å². The molecule has 0 atom stereocenters. The summed E-state index contributed by atoms with van der Waals surface area (Å²) in [4.78, 5) is 28.9. The molecule has 7 nitrogen and oxygen atoms in total. The van der Waals surface area contributed by atoms with Crippen molar-refractivity contribution in [1.82, 2.24) is 9.55 Å². The summed E-state index contributed by atoms with van der Waals surface area (Å²) < 4.78 is 13.5. The summed E-state index contributed by atoms with van der Waals surface area (Å²) in [5.41, 5.74) is 6.70. The van der Waals surface area contributed by atoms with Crippen LogP contribution in [0.2, 0.25) is 0 Å². The third kappa shape index (κ3) is 4.36. The Kier molecular flexibility index (Phi) is 6.59. The van der Waals surface area contributed by atoms with Gasteiger partial charge in [-0.25, -0.2) is 9.78 Å². The predicted octanol–water partition coefficient (Wildman–Crippen LogP) is 7.59. The van der Waals surface area contributed by atoms with Crippen molar-refractivity contribution in [2.24, 2.45) is 0 Å². The first kappa shape index (κ1) is 25.2. The molecule has 200 valence electrons. The molecular formula is C32H32N2O5. The normalized spacial score (nSPS) is 15.4. The van der Waals surface area contributed by atoms with Crippen LogP contribution in [0.1, 0.15) is 95.5 Å². The van der Waals surface area contributed by atoms with E-state index in [0.717, 1.165) is 52.7 Å². The summed E-state index contributed by atoms with van der Waals surface area (Å²) in [5.74, 6) is 0.362. The van der Waals surface area contributed by atoms with Crippen LogP contribution >= 0.6 is 0 Å². The minimum Gasteiger partial charge on any atom is -0.497 e. The molecular weight excluding hydrogens is 492 g/mol. The van der Waals surface area contributed by atoms with E-state index in [0.29, 0.717) is 30.0 Å². The van der Waals surface area contributed by atoms with Gasteiger partial charge in [0, 0.05) is 34.0 Å². The average Bonchev–Trinajstić information content (AvgIpc) is 3.52. The fourth-order valence-electron chi connectivity index (χ4n) is 6.35. The van der Waals surface area contributed by atoms with E-state index in [1.807, 2.05) is 37.3 Å². The molecule has 2 aromatic carbocycles. The quantitative estimate of drug-likeness (QED) is 0.250. The molecule has 0 radical (unpaired) electrons. The van der Waals surface area contributed by atoms with Gasteiger partial charge in [0.1, 0.15) is 5.75 Å². The zero-order valence-electron chi connectivity index (χ0n) is 22.3. The second-order valence-corrected chi connectivity index (χ2v) is 10.5. The highest BCUT2D eigenvalue weighted by Crippen LogP contribution is 2.48. The number of fused-ring (bicyclic) bond motifs is 5. The number of carboxylic acids is 1. The predicted molar refractivity (Wildman–Crippen MR) is 150 cm³/mol. The van der Waals surface area contributed by atoms with Crippen LogP contribution < -0.4 is 4.74 Å². The van der Waals surface area contributed by atoms with Gasteiger partial charge in [0.15, 0.2) is 23.6 Å². The Morgan fingerprint density at radius 2 is 1.95 bits per heavy atom. The molecule has 1 fully saturated rings. The number of rotatable bonds is 7. The van der Waals surface area contributed by atoms with Crippen LogP contribution in [0.4, 0.5) is 0 Å². The lowest BCUT2D eigenvalue weighted by atomic mass is 9.81. The Labute approximate surface area is 227 Å². The first-order valence-corrected chi connectivity index (χ1v) is 13.8. The molecule has 0 amide bonds. The number of hydrogen-bond acceptors (Lipinski definition) is 5. The van der Waals surface area contributed by atoms with Gasteiger partial charge < -0.3 is 18.8 Å². The van der Waals surface area contributed by atoms with E-state index >= 15 is 0 Å². The number of ketones is 1. The molecule has 0 unspecified atom stereocenters. The number of carbonyl (C=O) groups is 2. The number of methoxy groups -OCH3 is 1. The van der Waals surface area contributed by atoms with Crippen molar-refractivity contribution in [1.29, 1.82) is 0 Å². The van der Waals surface area contributed by atoms with Crippen molar-refractivity contribution >= 4 is 34.3 Å². The van der Waals surface area contributed by atoms with Crippen LogP contribution in [0.15, 0.2) is 47.2 Å². The summed E-state index contributed by atoms with van der Waals surface area (Å²) in [6.07, 6.45) is 10.4. The van der Waals surface area contributed by atoms with Crippen molar-refractivity contribution in [3.63, 3.8) is 0 Å². The molecule has 3 heterocycles. The van der Waals surface area contributed by atoms with Crippen LogP contribution in [-0.4, -0.2) is 33.5 Å².